The van der Waals surface area contributed by atoms with Crippen molar-refractivity contribution in [1.29, 1.82) is 0 Å². The Balaban J connectivity index is -0.000000245. The summed E-state index contributed by atoms with van der Waals surface area (Å²) in [4.78, 5) is 0. The van der Waals surface area contributed by atoms with Crippen LogP contribution >= 0.6 is 0 Å². The number of nitrogens with two attached hydrogens (primary N) is 2. The van der Waals surface area contributed by atoms with Gasteiger partial charge in [-0.1, -0.05) is 13.3 Å². The van der Waals surface area contributed by atoms with Crippen molar-refractivity contribution in [2.75, 3.05) is 0 Å². The van der Waals surface area contributed by atoms with E-state index in [1.165, 1.54) is 12.6 Å². The predicted molar refractivity (Wildman–Crippen MR) is 37.1 cm³/mol. The van der Waals surface area contributed by atoms with Crippen molar-refractivity contribution in [3.05, 3.63) is 11.9 Å². The van der Waals surface area contributed by atoms with Gasteiger partial charge in [-0.15, -0.1) is 0 Å². The number of hydrogen-bond acceptors (Lipinski definition) is 2. The summed E-state index contributed by atoms with van der Waals surface area (Å²) in [7, 11) is 0. The van der Waals surface area contributed by atoms with E-state index >= 15 is 0 Å². The molecule has 4 N–H and O–H groups in total. The topological polar surface area (TPSA) is 52.0 Å². The van der Waals surface area contributed by atoms with E-state index in [9.17, 15) is 0 Å². The monoisotopic (exact) mass is 122 g/mol. The summed E-state index contributed by atoms with van der Waals surface area (Å²) in [6.45, 7) is 2.13. The van der Waals surface area contributed by atoms with E-state index < -0.39 is 0 Å². The Labute approximate surface area is 70.3 Å². The van der Waals surface area contributed by atoms with E-state index in [0.29, 0.717) is 0 Å². The van der Waals surface area contributed by atoms with E-state index in [4.69, 9.17) is 11.5 Å². The first-order chi connectivity index (χ1) is 3.81. The Morgan fingerprint density at radius 2 is 2.22 bits per heavy atom. The molecule has 0 aliphatic carbocycles. The van der Waals surface area contributed by atoms with Gasteiger partial charge in [0.2, 0.25) is 0 Å². The third kappa shape index (κ3) is 7.94. The van der Waals surface area contributed by atoms with Crippen LogP contribution < -0.4 is 30.3 Å². The van der Waals surface area contributed by atoms with Gasteiger partial charge in [0.25, 0.3) is 0 Å². The third-order valence-electron chi connectivity index (χ3n) is 1.03. The number of rotatable bonds is 3. The third-order valence-corrected chi connectivity index (χ3v) is 1.03. The molecule has 0 aromatic carbocycles. The van der Waals surface area contributed by atoms with Gasteiger partial charge in [-0.2, -0.15) is 0 Å². The summed E-state index contributed by atoms with van der Waals surface area (Å²) in [5.74, 6) is 0. The molecule has 0 saturated carbocycles. The summed E-state index contributed by atoms with van der Waals surface area (Å²) in [5.41, 5.74) is 11.3. The molecule has 0 atom stereocenters. The second-order valence-corrected chi connectivity index (χ2v) is 1.85. The fourth-order valence-corrected chi connectivity index (χ4v) is 0.464. The van der Waals surface area contributed by atoms with Gasteiger partial charge >= 0.3 is 18.9 Å². The molecule has 0 aromatic rings. The quantitative estimate of drug-likeness (QED) is 0.427. The molecule has 0 unspecified atom stereocenters. The predicted octanol–water partition coefficient (Wildman–Crippen LogP) is -1.95. The van der Waals surface area contributed by atoms with Crippen molar-refractivity contribution in [3.63, 3.8) is 0 Å². The van der Waals surface area contributed by atoms with Crippen LogP contribution in [0.25, 0.3) is 0 Å². The average molecular weight is 122 g/mol. The van der Waals surface area contributed by atoms with Crippen molar-refractivity contribution in [2.45, 2.75) is 26.2 Å². The number of unbranched alkanes of at least 4 members (excludes halogenated alkanes) is 1. The Morgan fingerprint density at radius 3 is 2.56 bits per heavy atom. The van der Waals surface area contributed by atoms with Crippen molar-refractivity contribution >= 4 is 0 Å². The van der Waals surface area contributed by atoms with Gasteiger partial charge in [0, 0.05) is 11.9 Å². The van der Waals surface area contributed by atoms with Crippen LogP contribution in [0.2, 0.25) is 0 Å². The Kier molecular flexibility index (Phi) is 10.3. The zero-order valence-corrected chi connectivity index (χ0v) is 6.35. The molecule has 0 bridgehead atoms. The second kappa shape index (κ2) is 7.94. The fourth-order valence-electron chi connectivity index (χ4n) is 0.464. The maximum Gasteiger partial charge on any atom is 1.00 e. The standard InChI is InChI=1S/C6H14N2.Li.H/c1-2-3-4-6(8)5-7;;/h5H,2-4,7-8H2,1H3;;/q;+1;-1. The van der Waals surface area contributed by atoms with Gasteiger partial charge in [-0.25, -0.2) is 0 Å². The van der Waals surface area contributed by atoms with Gasteiger partial charge < -0.3 is 12.9 Å². The number of allylic oxidation sites excluding steroid dienone is 1. The molecule has 0 rings (SSSR count). The van der Waals surface area contributed by atoms with Crippen molar-refractivity contribution in [2.24, 2.45) is 11.5 Å². The summed E-state index contributed by atoms with van der Waals surface area (Å²) in [5, 5.41) is 0. The van der Waals surface area contributed by atoms with E-state index in [1.54, 1.807) is 0 Å². The zero-order chi connectivity index (χ0) is 6.41. The Hall–Kier alpha value is -0.0626. The molecule has 2 nitrogen and oxygen atoms in total. The first-order valence-corrected chi connectivity index (χ1v) is 2.97. The van der Waals surface area contributed by atoms with Crippen LogP contribution in [0.5, 0.6) is 0 Å². The average Bonchev–Trinajstić information content (AvgIpc) is 1.83. The molecule has 0 aliphatic heterocycles. The first-order valence-electron chi connectivity index (χ1n) is 2.97. The van der Waals surface area contributed by atoms with Crippen LogP contribution in [0.15, 0.2) is 11.9 Å². The normalized spacial score (nSPS) is 10.6. The largest absolute Gasteiger partial charge is 1.00 e. The van der Waals surface area contributed by atoms with Crippen molar-refractivity contribution in [1.82, 2.24) is 0 Å². The van der Waals surface area contributed by atoms with E-state index in [0.717, 1.165) is 18.5 Å². The van der Waals surface area contributed by atoms with Crippen LogP contribution in [-0.4, -0.2) is 0 Å². The molecule has 0 amide bonds. The minimum absolute atomic E-state index is 0. The second-order valence-electron chi connectivity index (χ2n) is 1.85. The molecule has 0 aliphatic rings. The maximum absolute atomic E-state index is 5.40. The van der Waals surface area contributed by atoms with E-state index in [2.05, 4.69) is 6.92 Å². The van der Waals surface area contributed by atoms with E-state index in [-0.39, 0.29) is 20.3 Å². The molecule has 3 heteroatoms. The van der Waals surface area contributed by atoms with Crippen LogP contribution in [-0.2, 0) is 0 Å². The molecule has 0 fully saturated rings. The summed E-state index contributed by atoms with van der Waals surface area (Å²) >= 11 is 0. The van der Waals surface area contributed by atoms with Gasteiger partial charge in [0.1, 0.15) is 0 Å². The SMILES string of the molecule is CCCCC(N)=CN.[H-].[Li+]. The van der Waals surface area contributed by atoms with Crippen LogP contribution in [0.3, 0.4) is 0 Å². The van der Waals surface area contributed by atoms with Crippen molar-refractivity contribution in [3.8, 4) is 0 Å². The molecule has 0 aromatic heterocycles. The fraction of sp³-hybridized carbons (Fsp3) is 0.667. The van der Waals surface area contributed by atoms with Crippen LogP contribution in [0, 0.1) is 0 Å². The van der Waals surface area contributed by atoms with Gasteiger partial charge in [0.05, 0.1) is 0 Å². The molecule has 0 saturated heterocycles. The Bertz CT molecular complexity index is 85.8. The zero-order valence-electron chi connectivity index (χ0n) is 7.35. The first kappa shape index (κ1) is 11.7. The van der Waals surface area contributed by atoms with E-state index in [1.807, 2.05) is 0 Å². The molecule has 0 radical (unpaired) electrons. The molecule has 9 heavy (non-hydrogen) atoms. The molecule has 50 valence electrons. The number of hydrogen-bond donors (Lipinski definition) is 2. The van der Waals surface area contributed by atoms with Crippen molar-refractivity contribution < 1.29 is 20.3 Å². The summed E-state index contributed by atoms with van der Waals surface area (Å²) in [6.07, 6.45) is 4.72. The molecular weight excluding hydrogens is 107 g/mol. The molecule has 0 heterocycles. The minimum atomic E-state index is 0. The van der Waals surface area contributed by atoms with Gasteiger partial charge in [-0.05, 0) is 12.8 Å². The smallest absolute Gasteiger partial charge is 1.00 e. The van der Waals surface area contributed by atoms with Gasteiger partial charge in [0.15, 0.2) is 0 Å². The Morgan fingerprint density at radius 1 is 1.67 bits per heavy atom. The molecular formula is C6H15LiN2. The minimum Gasteiger partial charge on any atom is -1.00 e. The maximum atomic E-state index is 5.40. The molecule has 0 spiro atoms. The van der Waals surface area contributed by atoms with Gasteiger partial charge in [-0.3, -0.25) is 0 Å². The van der Waals surface area contributed by atoms with Crippen LogP contribution in [0.1, 0.15) is 27.6 Å². The van der Waals surface area contributed by atoms with Crippen LogP contribution in [0.4, 0.5) is 0 Å². The summed E-state index contributed by atoms with van der Waals surface area (Å²) in [6, 6.07) is 0. The summed E-state index contributed by atoms with van der Waals surface area (Å²) < 4.78 is 0.